The molecule has 176 valence electrons. The van der Waals surface area contributed by atoms with E-state index in [-0.39, 0.29) is 24.8 Å². The van der Waals surface area contributed by atoms with E-state index in [1.807, 2.05) is 30.3 Å². The molecule has 0 unspecified atom stereocenters. The Bertz CT molecular complexity index is 1120. The summed E-state index contributed by atoms with van der Waals surface area (Å²) in [4.78, 5) is 36.9. The molecule has 3 amide bonds. The van der Waals surface area contributed by atoms with Gasteiger partial charge in [0.05, 0.1) is 18.4 Å². The van der Waals surface area contributed by atoms with Crippen LogP contribution in [0.1, 0.15) is 28.8 Å². The maximum absolute atomic E-state index is 12.8. The molecule has 34 heavy (non-hydrogen) atoms. The van der Waals surface area contributed by atoms with E-state index in [4.69, 9.17) is 9.47 Å². The summed E-state index contributed by atoms with van der Waals surface area (Å²) in [5.41, 5.74) is 2.21. The van der Waals surface area contributed by atoms with Gasteiger partial charge in [-0.05, 0) is 36.2 Å². The Balaban J connectivity index is 1.44. The fourth-order valence-electron chi connectivity index (χ4n) is 3.12. The van der Waals surface area contributed by atoms with Gasteiger partial charge < -0.3 is 25.4 Å². The van der Waals surface area contributed by atoms with E-state index in [0.717, 1.165) is 5.56 Å². The van der Waals surface area contributed by atoms with Crippen LogP contribution >= 0.6 is 0 Å². The molecule has 3 N–H and O–H groups in total. The van der Waals surface area contributed by atoms with Crippen LogP contribution in [0.3, 0.4) is 0 Å². The van der Waals surface area contributed by atoms with E-state index >= 15 is 0 Å². The highest BCUT2D eigenvalue weighted by Crippen LogP contribution is 2.20. The van der Waals surface area contributed by atoms with E-state index < -0.39 is 6.09 Å². The van der Waals surface area contributed by atoms with Crippen LogP contribution in [-0.4, -0.2) is 31.6 Å². The summed E-state index contributed by atoms with van der Waals surface area (Å²) in [6, 6.07) is 23.1. The lowest BCUT2D eigenvalue weighted by atomic mass is 10.1. The van der Waals surface area contributed by atoms with Crippen molar-refractivity contribution in [2.24, 2.45) is 0 Å². The quantitative estimate of drug-likeness (QED) is 0.383. The summed E-state index contributed by atoms with van der Waals surface area (Å²) < 4.78 is 10.3. The van der Waals surface area contributed by atoms with Gasteiger partial charge in [-0.3, -0.25) is 9.59 Å². The maximum Gasteiger partial charge on any atom is 0.407 e. The zero-order chi connectivity index (χ0) is 24.2. The standard InChI is InChI=1S/C26H27N3O5/c1-33-21-12-7-11-20(17-21)28-25(31)22-13-5-6-14-23(22)29-24(30)15-8-16-27-26(32)34-18-19-9-3-2-4-10-19/h2-7,9-14,17H,8,15-16,18H2,1H3,(H,27,32)(H,28,31)(H,29,30). The number of hydrogen-bond donors (Lipinski definition) is 3. The summed E-state index contributed by atoms with van der Waals surface area (Å²) >= 11 is 0. The summed E-state index contributed by atoms with van der Waals surface area (Å²) in [5.74, 6) is 0.00464. The number of methoxy groups -OCH3 is 1. The summed E-state index contributed by atoms with van der Waals surface area (Å²) in [7, 11) is 1.55. The summed E-state index contributed by atoms with van der Waals surface area (Å²) in [5, 5.41) is 8.19. The number of benzene rings is 3. The first-order valence-electron chi connectivity index (χ1n) is 10.8. The van der Waals surface area contributed by atoms with Gasteiger partial charge in [-0.25, -0.2) is 4.79 Å². The molecule has 0 fully saturated rings. The second-order valence-electron chi connectivity index (χ2n) is 7.37. The first-order chi connectivity index (χ1) is 16.5. The molecule has 0 saturated heterocycles. The van der Waals surface area contributed by atoms with Gasteiger partial charge in [0.15, 0.2) is 0 Å². The van der Waals surface area contributed by atoms with Gasteiger partial charge in [-0.15, -0.1) is 0 Å². The Morgan fingerprint density at radius 3 is 2.41 bits per heavy atom. The molecule has 3 aromatic rings. The number of carbonyl (C=O) groups excluding carboxylic acids is 3. The van der Waals surface area contributed by atoms with E-state index in [9.17, 15) is 14.4 Å². The second kappa shape index (κ2) is 12.6. The highest BCUT2D eigenvalue weighted by Gasteiger charge is 2.14. The fraction of sp³-hybridized carbons (Fsp3) is 0.192. The molecule has 0 heterocycles. The van der Waals surface area contributed by atoms with Gasteiger partial charge in [-0.2, -0.15) is 0 Å². The Labute approximate surface area is 198 Å². The summed E-state index contributed by atoms with van der Waals surface area (Å²) in [6.07, 6.45) is 0.0544. The van der Waals surface area contributed by atoms with E-state index in [1.165, 1.54) is 0 Å². The third kappa shape index (κ3) is 7.67. The van der Waals surface area contributed by atoms with Gasteiger partial charge >= 0.3 is 6.09 Å². The van der Waals surface area contributed by atoms with Crippen molar-refractivity contribution in [2.45, 2.75) is 19.4 Å². The first kappa shape index (κ1) is 24.3. The third-order valence-electron chi connectivity index (χ3n) is 4.84. The van der Waals surface area contributed by atoms with Gasteiger partial charge in [0.25, 0.3) is 5.91 Å². The average Bonchev–Trinajstić information content (AvgIpc) is 2.86. The molecule has 0 aromatic heterocycles. The van der Waals surface area contributed by atoms with E-state index in [1.54, 1.807) is 55.6 Å². The molecule has 0 radical (unpaired) electrons. The zero-order valence-corrected chi connectivity index (χ0v) is 18.9. The normalized spacial score (nSPS) is 10.1. The minimum atomic E-state index is -0.538. The van der Waals surface area contributed by atoms with Crippen LogP contribution in [-0.2, 0) is 16.1 Å². The van der Waals surface area contributed by atoms with Crippen LogP contribution in [0.4, 0.5) is 16.2 Å². The highest BCUT2D eigenvalue weighted by atomic mass is 16.5. The van der Waals surface area contributed by atoms with Gasteiger partial charge in [-0.1, -0.05) is 48.5 Å². The maximum atomic E-state index is 12.8. The minimum absolute atomic E-state index is 0.171. The minimum Gasteiger partial charge on any atom is -0.497 e. The lowest BCUT2D eigenvalue weighted by Crippen LogP contribution is -2.26. The SMILES string of the molecule is COc1cccc(NC(=O)c2ccccc2NC(=O)CCCNC(=O)OCc2ccccc2)c1. The van der Waals surface area contributed by atoms with Gasteiger partial charge in [0.1, 0.15) is 12.4 Å². The number of ether oxygens (including phenoxy) is 2. The van der Waals surface area contributed by atoms with Gasteiger partial charge in [0.2, 0.25) is 5.91 Å². The monoisotopic (exact) mass is 461 g/mol. The summed E-state index contributed by atoms with van der Waals surface area (Å²) in [6.45, 7) is 0.473. The highest BCUT2D eigenvalue weighted by molar-refractivity contribution is 6.10. The molecular formula is C26H27N3O5. The molecular weight excluding hydrogens is 434 g/mol. The molecule has 3 rings (SSSR count). The van der Waals surface area contributed by atoms with E-state index in [2.05, 4.69) is 16.0 Å². The second-order valence-corrected chi connectivity index (χ2v) is 7.37. The number of anilines is 2. The molecule has 8 heteroatoms. The van der Waals surface area contributed by atoms with Crippen LogP contribution in [0.25, 0.3) is 0 Å². The van der Waals surface area contributed by atoms with E-state index in [0.29, 0.717) is 35.7 Å². The number of nitrogens with one attached hydrogen (secondary N) is 3. The number of para-hydroxylation sites is 1. The zero-order valence-electron chi connectivity index (χ0n) is 18.9. The van der Waals surface area contributed by atoms with Crippen LogP contribution < -0.4 is 20.7 Å². The number of alkyl carbamates (subject to hydrolysis) is 1. The smallest absolute Gasteiger partial charge is 0.407 e. The molecule has 0 aliphatic rings. The largest absolute Gasteiger partial charge is 0.497 e. The lowest BCUT2D eigenvalue weighted by Gasteiger charge is -2.12. The Kier molecular flexibility index (Phi) is 9.04. The topological polar surface area (TPSA) is 106 Å². The predicted octanol–water partition coefficient (Wildman–Crippen LogP) is 4.59. The Morgan fingerprint density at radius 2 is 1.62 bits per heavy atom. The molecule has 0 atom stereocenters. The van der Waals surface area contributed by atoms with Crippen LogP contribution in [0.5, 0.6) is 5.75 Å². The van der Waals surface area contributed by atoms with Crippen molar-refractivity contribution in [1.29, 1.82) is 0 Å². The third-order valence-corrected chi connectivity index (χ3v) is 4.84. The van der Waals surface area contributed by atoms with Crippen molar-refractivity contribution in [3.8, 4) is 5.75 Å². The first-order valence-corrected chi connectivity index (χ1v) is 10.8. The van der Waals surface area contributed by atoms with Crippen LogP contribution in [0, 0.1) is 0 Å². The Hall–Kier alpha value is -4.33. The molecule has 0 spiro atoms. The number of amides is 3. The fourth-order valence-corrected chi connectivity index (χ4v) is 3.12. The molecule has 0 saturated carbocycles. The molecule has 0 aliphatic heterocycles. The molecule has 0 aliphatic carbocycles. The van der Waals surface area contributed by atoms with Crippen molar-refractivity contribution in [3.05, 3.63) is 90.0 Å². The van der Waals surface area contributed by atoms with Crippen molar-refractivity contribution >= 4 is 29.3 Å². The van der Waals surface area contributed by atoms with Crippen molar-refractivity contribution in [1.82, 2.24) is 5.32 Å². The molecule has 3 aromatic carbocycles. The van der Waals surface area contributed by atoms with Crippen molar-refractivity contribution < 1.29 is 23.9 Å². The number of carbonyl (C=O) groups is 3. The number of hydrogen-bond acceptors (Lipinski definition) is 5. The van der Waals surface area contributed by atoms with Crippen molar-refractivity contribution in [3.63, 3.8) is 0 Å². The Morgan fingerprint density at radius 1 is 0.853 bits per heavy atom. The number of rotatable bonds is 10. The predicted molar refractivity (Wildman–Crippen MR) is 130 cm³/mol. The lowest BCUT2D eigenvalue weighted by molar-refractivity contribution is -0.116. The van der Waals surface area contributed by atoms with Gasteiger partial charge in [0, 0.05) is 24.7 Å². The molecule has 0 bridgehead atoms. The van der Waals surface area contributed by atoms with Crippen LogP contribution in [0.2, 0.25) is 0 Å². The molecule has 8 nitrogen and oxygen atoms in total. The van der Waals surface area contributed by atoms with Crippen molar-refractivity contribution in [2.75, 3.05) is 24.3 Å². The average molecular weight is 462 g/mol. The van der Waals surface area contributed by atoms with Crippen LogP contribution in [0.15, 0.2) is 78.9 Å².